The van der Waals surface area contributed by atoms with E-state index in [1.165, 1.54) is 17.7 Å². The normalized spacial score (nSPS) is 25.2. The van der Waals surface area contributed by atoms with Gasteiger partial charge < -0.3 is 5.32 Å². The van der Waals surface area contributed by atoms with Crippen LogP contribution in [0.3, 0.4) is 0 Å². The second kappa shape index (κ2) is 8.21. The van der Waals surface area contributed by atoms with Crippen LogP contribution in [-0.2, 0) is 0 Å². The standard InChI is InChI=1S/C18H30N2S/c1-5-16(13-21-4)20-12-17(15-9-7-6-8-10-15)19-11-18(20)14(2)3/h6-10,14,16-19H,5,11-13H2,1-4H3. The van der Waals surface area contributed by atoms with Gasteiger partial charge in [-0.2, -0.15) is 11.8 Å². The Balaban J connectivity index is 2.15. The van der Waals surface area contributed by atoms with Crippen molar-refractivity contribution >= 4 is 11.8 Å². The molecule has 1 heterocycles. The molecule has 0 radical (unpaired) electrons. The van der Waals surface area contributed by atoms with Gasteiger partial charge in [0, 0.05) is 37.0 Å². The van der Waals surface area contributed by atoms with Crippen LogP contribution in [0.1, 0.15) is 38.8 Å². The predicted molar refractivity (Wildman–Crippen MR) is 95.0 cm³/mol. The summed E-state index contributed by atoms with van der Waals surface area (Å²) in [6, 6.07) is 12.7. The smallest absolute Gasteiger partial charge is 0.0450 e. The number of hydrogen-bond donors (Lipinski definition) is 1. The molecule has 1 aromatic rings. The van der Waals surface area contributed by atoms with Gasteiger partial charge in [-0.15, -0.1) is 0 Å². The van der Waals surface area contributed by atoms with E-state index in [9.17, 15) is 0 Å². The molecule has 3 heteroatoms. The van der Waals surface area contributed by atoms with Crippen LogP contribution in [0.25, 0.3) is 0 Å². The monoisotopic (exact) mass is 306 g/mol. The molecule has 0 bridgehead atoms. The van der Waals surface area contributed by atoms with E-state index in [1.54, 1.807) is 0 Å². The summed E-state index contributed by atoms with van der Waals surface area (Å²) in [5.41, 5.74) is 1.42. The number of thioether (sulfide) groups is 1. The van der Waals surface area contributed by atoms with Crippen molar-refractivity contribution in [2.45, 2.75) is 45.3 Å². The molecule has 21 heavy (non-hydrogen) atoms. The lowest BCUT2D eigenvalue weighted by Gasteiger charge is -2.46. The van der Waals surface area contributed by atoms with Crippen molar-refractivity contribution in [3.8, 4) is 0 Å². The van der Waals surface area contributed by atoms with Gasteiger partial charge in [0.1, 0.15) is 0 Å². The molecule has 118 valence electrons. The lowest BCUT2D eigenvalue weighted by molar-refractivity contribution is 0.0624. The molecule has 2 rings (SSSR count). The van der Waals surface area contributed by atoms with Gasteiger partial charge in [-0.3, -0.25) is 4.90 Å². The van der Waals surface area contributed by atoms with E-state index in [-0.39, 0.29) is 0 Å². The molecule has 1 saturated heterocycles. The highest BCUT2D eigenvalue weighted by molar-refractivity contribution is 7.98. The van der Waals surface area contributed by atoms with Crippen molar-refractivity contribution in [2.75, 3.05) is 25.1 Å². The summed E-state index contributed by atoms with van der Waals surface area (Å²) in [5.74, 6) is 1.94. The zero-order valence-electron chi connectivity index (χ0n) is 13.9. The quantitative estimate of drug-likeness (QED) is 0.860. The maximum Gasteiger partial charge on any atom is 0.0450 e. The highest BCUT2D eigenvalue weighted by Gasteiger charge is 2.33. The number of piperazine rings is 1. The fourth-order valence-corrected chi connectivity index (χ4v) is 4.19. The second-order valence-electron chi connectivity index (χ2n) is 6.40. The van der Waals surface area contributed by atoms with E-state index < -0.39 is 0 Å². The average Bonchev–Trinajstić information content (AvgIpc) is 2.52. The summed E-state index contributed by atoms with van der Waals surface area (Å²) in [6.45, 7) is 9.27. The molecule has 1 fully saturated rings. The minimum absolute atomic E-state index is 0.470. The Hall–Kier alpha value is -0.510. The van der Waals surface area contributed by atoms with Gasteiger partial charge in [-0.1, -0.05) is 51.1 Å². The minimum Gasteiger partial charge on any atom is -0.307 e. The minimum atomic E-state index is 0.470. The summed E-state index contributed by atoms with van der Waals surface area (Å²) in [4.78, 5) is 2.77. The Morgan fingerprint density at radius 1 is 1.29 bits per heavy atom. The van der Waals surface area contributed by atoms with Gasteiger partial charge in [0.15, 0.2) is 0 Å². The second-order valence-corrected chi connectivity index (χ2v) is 7.31. The van der Waals surface area contributed by atoms with Crippen LogP contribution in [0.2, 0.25) is 0 Å². The zero-order chi connectivity index (χ0) is 15.2. The molecule has 1 aliphatic heterocycles. The number of nitrogens with one attached hydrogen (secondary N) is 1. The van der Waals surface area contributed by atoms with Crippen LogP contribution >= 0.6 is 11.8 Å². The van der Waals surface area contributed by atoms with E-state index in [0.717, 1.165) is 13.1 Å². The van der Waals surface area contributed by atoms with Gasteiger partial charge in [0.25, 0.3) is 0 Å². The Morgan fingerprint density at radius 3 is 2.57 bits per heavy atom. The van der Waals surface area contributed by atoms with Crippen molar-refractivity contribution in [3.63, 3.8) is 0 Å². The number of benzene rings is 1. The van der Waals surface area contributed by atoms with Crippen LogP contribution in [0, 0.1) is 5.92 Å². The van der Waals surface area contributed by atoms with Gasteiger partial charge in [-0.25, -0.2) is 0 Å². The molecule has 1 aromatic carbocycles. The number of nitrogens with zero attached hydrogens (tertiary/aromatic N) is 1. The van der Waals surface area contributed by atoms with Gasteiger partial charge in [0.2, 0.25) is 0 Å². The Morgan fingerprint density at radius 2 is 2.00 bits per heavy atom. The third-order valence-electron chi connectivity index (χ3n) is 4.66. The summed E-state index contributed by atoms with van der Waals surface area (Å²) >= 11 is 1.98. The third kappa shape index (κ3) is 4.24. The van der Waals surface area contributed by atoms with Crippen molar-refractivity contribution in [1.29, 1.82) is 0 Å². The van der Waals surface area contributed by atoms with Crippen LogP contribution in [-0.4, -0.2) is 42.1 Å². The van der Waals surface area contributed by atoms with E-state index >= 15 is 0 Å². The van der Waals surface area contributed by atoms with Crippen LogP contribution < -0.4 is 5.32 Å². The molecular weight excluding hydrogens is 276 g/mol. The molecule has 0 aliphatic carbocycles. The summed E-state index contributed by atoms with van der Waals surface area (Å²) < 4.78 is 0. The first-order valence-corrected chi connectivity index (χ1v) is 9.59. The maximum absolute atomic E-state index is 3.77. The summed E-state index contributed by atoms with van der Waals surface area (Å²) in [5, 5.41) is 3.77. The Bertz CT molecular complexity index is 407. The van der Waals surface area contributed by atoms with Crippen molar-refractivity contribution in [2.24, 2.45) is 5.92 Å². The number of rotatable bonds is 6. The summed E-state index contributed by atoms with van der Waals surface area (Å²) in [6.07, 6.45) is 3.47. The van der Waals surface area contributed by atoms with E-state index in [2.05, 4.69) is 67.6 Å². The molecule has 2 nitrogen and oxygen atoms in total. The largest absolute Gasteiger partial charge is 0.307 e. The highest BCUT2D eigenvalue weighted by Crippen LogP contribution is 2.27. The predicted octanol–water partition coefficient (Wildman–Crippen LogP) is 3.80. The van der Waals surface area contributed by atoms with Crippen molar-refractivity contribution in [1.82, 2.24) is 10.2 Å². The molecule has 3 unspecified atom stereocenters. The Labute approximate surface area is 134 Å². The van der Waals surface area contributed by atoms with Crippen molar-refractivity contribution < 1.29 is 0 Å². The van der Waals surface area contributed by atoms with Gasteiger partial charge >= 0.3 is 0 Å². The summed E-state index contributed by atoms with van der Waals surface area (Å²) in [7, 11) is 0. The highest BCUT2D eigenvalue weighted by atomic mass is 32.2. The molecule has 1 N–H and O–H groups in total. The molecule has 0 aromatic heterocycles. The van der Waals surface area contributed by atoms with Crippen molar-refractivity contribution in [3.05, 3.63) is 35.9 Å². The lowest BCUT2D eigenvalue weighted by Crippen LogP contribution is -2.58. The van der Waals surface area contributed by atoms with Crippen LogP contribution in [0.4, 0.5) is 0 Å². The van der Waals surface area contributed by atoms with E-state index in [0.29, 0.717) is 24.0 Å². The molecule has 1 aliphatic rings. The molecule has 0 spiro atoms. The molecular formula is C18H30N2S. The average molecular weight is 307 g/mol. The zero-order valence-corrected chi connectivity index (χ0v) is 14.7. The topological polar surface area (TPSA) is 15.3 Å². The lowest BCUT2D eigenvalue weighted by atomic mass is 9.93. The van der Waals surface area contributed by atoms with E-state index in [4.69, 9.17) is 0 Å². The van der Waals surface area contributed by atoms with Crippen LogP contribution in [0.5, 0.6) is 0 Å². The van der Waals surface area contributed by atoms with E-state index in [1.807, 2.05) is 11.8 Å². The van der Waals surface area contributed by atoms with Gasteiger partial charge in [0.05, 0.1) is 0 Å². The molecule has 3 atom stereocenters. The first kappa shape index (κ1) is 16.9. The molecule has 0 amide bonds. The fraction of sp³-hybridized carbons (Fsp3) is 0.667. The molecule has 0 saturated carbocycles. The fourth-order valence-electron chi connectivity index (χ4n) is 3.38. The first-order chi connectivity index (χ1) is 10.2. The first-order valence-electron chi connectivity index (χ1n) is 8.20. The van der Waals surface area contributed by atoms with Gasteiger partial charge in [-0.05, 0) is 24.2 Å². The SMILES string of the molecule is CCC(CSC)N1CC(c2ccccc2)NCC1C(C)C. The van der Waals surface area contributed by atoms with Crippen LogP contribution in [0.15, 0.2) is 30.3 Å². The maximum atomic E-state index is 3.77. The Kier molecular flexibility index (Phi) is 6.59. The third-order valence-corrected chi connectivity index (χ3v) is 5.38. The number of hydrogen-bond acceptors (Lipinski definition) is 3.